The number of carbonyl (C=O) groups excluding carboxylic acids is 1. The third kappa shape index (κ3) is 4.62. The highest BCUT2D eigenvalue weighted by Gasteiger charge is 2.25. The average molecular weight is 368 g/mol. The third-order valence-electron chi connectivity index (χ3n) is 4.88. The number of rotatable bonds is 6. The van der Waals surface area contributed by atoms with Gasteiger partial charge in [0.1, 0.15) is 5.69 Å². The van der Waals surface area contributed by atoms with Crippen molar-refractivity contribution in [1.29, 1.82) is 0 Å². The predicted octanol–water partition coefficient (Wildman–Crippen LogP) is 3.03. The van der Waals surface area contributed by atoms with Crippen molar-refractivity contribution in [2.75, 3.05) is 25.5 Å². The van der Waals surface area contributed by atoms with E-state index in [9.17, 15) is 14.9 Å². The van der Waals surface area contributed by atoms with Crippen LogP contribution in [0.2, 0.25) is 0 Å². The van der Waals surface area contributed by atoms with E-state index in [1.54, 1.807) is 17.0 Å². The molecule has 1 unspecified atom stereocenters. The van der Waals surface area contributed by atoms with Crippen LogP contribution in [0.3, 0.4) is 0 Å². The zero-order valence-electron chi connectivity index (χ0n) is 15.4. The first-order chi connectivity index (χ1) is 13.1. The molecule has 7 nitrogen and oxygen atoms in total. The Morgan fingerprint density at radius 3 is 2.74 bits per heavy atom. The number of likely N-dealkylation sites (N-methyl/N-ethyl adjacent to an activating group) is 1. The molecule has 2 aromatic carbocycles. The number of likely N-dealkylation sites (tertiary alicyclic amines) is 1. The standard InChI is InChI=1S/C20H24N4O3/c1-21-17-8-5-11-23(14-17)20(25)16-9-10-18(19(12-16)24(26)27)22-13-15-6-3-2-4-7-15/h2-4,6-7,9-10,12,17,21-22H,5,8,11,13-14H2,1H3. The number of hydrogen-bond acceptors (Lipinski definition) is 5. The maximum atomic E-state index is 12.8. The van der Waals surface area contributed by atoms with Crippen LogP contribution in [0.5, 0.6) is 0 Å². The number of hydrogen-bond donors (Lipinski definition) is 2. The van der Waals surface area contributed by atoms with Gasteiger partial charge >= 0.3 is 0 Å². The number of benzene rings is 2. The van der Waals surface area contributed by atoms with Crippen LogP contribution in [0, 0.1) is 10.1 Å². The van der Waals surface area contributed by atoms with E-state index in [1.165, 1.54) is 6.07 Å². The highest BCUT2D eigenvalue weighted by atomic mass is 16.6. The van der Waals surface area contributed by atoms with Gasteiger partial charge in [0.25, 0.3) is 11.6 Å². The number of anilines is 1. The van der Waals surface area contributed by atoms with E-state index in [2.05, 4.69) is 10.6 Å². The highest BCUT2D eigenvalue weighted by molar-refractivity contribution is 5.95. The first kappa shape index (κ1) is 18.8. The van der Waals surface area contributed by atoms with E-state index in [1.807, 2.05) is 37.4 Å². The second-order valence-electron chi connectivity index (χ2n) is 6.71. The minimum atomic E-state index is -0.448. The fraction of sp³-hybridized carbons (Fsp3) is 0.350. The number of piperidine rings is 1. The van der Waals surface area contributed by atoms with E-state index >= 15 is 0 Å². The quantitative estimate of drug-likeness (QED) is 0.604. The molecular weight excluding hydrogens is 344 g/mol. The molecule has 142 valence electrons. The van der Waals surface area contributed by atoms with Crippen LogP contribution in [0.15, 0.2) is 48.5 Å². The van der Waals surface area contributed by atoms with E-state index in [0.29, 0.717) is 30.9 Å². The zero-order chi connectivity index (χ0) is 19.2. The van der Waals surface area contributed by atoms with Crippen molar-refractivity contribution < 1.29 is 9.72 Å². The molecular formula is C20H24N4O3. The fourth-order valence-electron chi connectivity index (χ4n) is 3.34. The van der Waals surface area contributed by atoms with Crippen molar-refractivity contribution in [3.63, 3.8) is 0 Å². The molecule has 0 saturated carbocycles. The summed E-state index contributed by atoms with van der Waals surface area (Å²) in [5.74, 6) is -0.160. The molecule has 2 aromatic rings. The van der Waals surface area contributed by atoms with Gasteiger partial charge in [0.15, 0.2) is 0 Å². The normalized spacial score (nSPS) is 16.8. The van der Waals surface area contributed by atoms with Crippen LogP contribution in [0.25, 0.3) is 0 Å². The summed E-state index contributed by atoms with van der Waals surface area (Å²) in [6, 6.07) is 14.6. The average Bonchev–Trinajstić information content (AvgIpc) is 2.72. The molecule has 3 rings (SSSR count). The first-order valence-electron chi connectivity index (χ1n) is 9.11. The Morgan fingerprint density at radius 1 is 1.26 bits per heavy atom. The molecule has 1 atom stereocenters. The second kappa shape index (κ2) is 8.64. The van der Waals surface area contributed by atoms with Crippen molar-refractivity contribution in [3.8, 4) is 0 Å². The molecule has 1 amide bonds. The van der Waals surface area contributed by atoms with Crippen molar-refractivity contribution in [3.05, 3.63) is 69.8 Å². The molecule has 0 aromatic heterocycles. The Hall–Kier alpha value is -2.93. The molecule has 1 heterocycles. The minimum absolute atomic E-state index is 0.0843. The van der Waals surface area contributed by atoms with E-state index in [0.717, 1.165) is 18.4 Å². The van der Waals surface area contributed by atoms with Gasteiger partial charge in [-0.2, -0.15) is 0 Å². The summed E-state index contributed by atoms with van der Waals surface area (Å²) in [4.78, 5) is 25.6. The smallest absolute Gasteiger partial charge is 0.293 e. The Kier molecular flexibility index (Phi) is 6.03. The van der Waals surface area contributed by atoms with Gasteiger partial charge < -0.3 is 15.5 Å². The maximum Gasteiger partial charge on any atom is 0.293 e. The lowest BCUT2D eigenvalue weighted by Crippen LogP contribution is -2.46. The van der Waals surface area contributed by atoms with E-state index in [4.69, 9.17) is 0 Å². The summed E-state index contributed by atoms with van der Waals surface area (Å²) < 4.78 is 0. The summed E-state index contributed by atoms with van der Waals surface area (Å²) >= 11 is 0. The first-order valence-corrected chi connectivity index (χ1v) is 9.11. The van der Waals surface area contributed by atoms with Crippen LogP contribution in [0.1, 0.15) is 28.8 Å². The summed E-state index contributed by atoms with van der Waals surface area (Å²) in [6.07, 6.45) is 1.96. The molecule has 7 heteroatoms. The van der Waals surface area contributed by atoms with E-state index in [-0.39, 0.29) is 17.6 Å². The van der Waals surface area contributed by atoms with Gasteiger partial charge in [0.2, 0.25) is 0 Å². The number of nitrogens with zero attached hydrogens (tertiary/aromatic N) is 2. The van der Waals surface area contributed by atoms with Crippen LogP contribution < -0.4 is 10.6 Å². The fourth-order valence-corrected chi connectivity index (χ4v) is 3.34. The van der Waals surface area contributed by atoms with Gasteiger partial charge in [-0.15, -0.1) is 0 Å². The second-order valence-corrected chi connectivity index (χ2v) is 6.71. The lowest BCUT2D eigenvalue weighted by molar-refractivity contribution is -0.384. The Balaban J connectivity index is 1.76. The molecule has 1 fully saturated rings. The topological polar surface area (TPSA) is 87.5 Å². The van der Waals surface area contributed by atoms with Crippen LogP contribution in [-0.2, 0) is 6.54 Å². The van der Waals surface area contributed by atoms with Gasteiger partial charge in [-0.1, -0.05) is 30.3 Å². The number of nitrogens with one attached hydrogen (secondary N) is 2. The molecule has 0 radical (unpaired) electrons. The van der Waals surface area contributed by atoms with Crippen molar-refractivity contribution >= 4 is 17.3 Å². The zero-order valence-corrected chi connectivity index (χ0v) is 15.4. The van der Waals surface area contributed by atoms with Crippen molar-refractivity contribution in [1.82, 2.24) is 10.2 Å². The Labute approximate surface area is 158 Å². The van der Waals surface area contributed by atoms with Gasteiger partial charge in [0, 0.05) is 37.3 Å². The monoisotopic (exact) mass is 368 g/mol. The minimum Gasteiger partial charge on any atom is -0.375 e. The third-order valence-corrected chi connectivity index (χ3v) is 4.88. The molecule has 1 aliphatic heterocycles. The lowest BCUT2D eigenvalue weighted by Gasteiger charge is -2.32. The molecule has 2 N–H and O–H groups in total. The SMILES string of the molecule is CNC1CCCN(C(=O)c2ccc(NCc3ccccc3)c([N+](=O)[O-])c2)C1. The van der Waals surface area contributed by atoms with Gasteiger partial charge in [-0.25, -0.2) is 0 Å². The maximum absolute atomic E-state index is 12.8. The van der Waals surface area contributed by atoms with Crippen LogP contribution in [-0.4, -0.2) is 41.9 Å². The lowest BCUT2D eigenvalue weighted by atomic mass is 10.0. The molecule has 1 aliphatic rings. The molecule has 1 saturated heterocycles. The van der Waals surface area contributed by atoms with Gasteiger partial charge in [-0.3, -0.25) is 14.9 Å². The summed E-state index contributed by atoms with van der Waals surface area (Å²) in [7, 11) is 1.89. The predicted molar refractivity (Wildman–Crippen MR) is 105 cm³/mol. The van der Waals surface area contributed by atoms with Gasteiger partial charge in [0.05, 0.1) is 4.92 Å². The van der Waals surface area contributed by atoms with Crippen molar-refractivity contribution in [2.45, 2.75) is 25.4 Å². The Bertz CT molecular complexity index is 810. The van der Waals surface area contributed by atoms with Gasteiger partial charge in [-0.05, 0) is 37.6 Å². The summed E-state index contributed by atoms with van der Waals surface area (Å²) in [5, 5.41) is 17.8. The number of nitro groups is 1. The molecule has 0 spiro atoms. The van der Waals surface area contributed by atoms with E-state index < -0.39 is 4.92 Å². The van der Waals surface area contributed by atoms with Crippen LogP contribution >= 0.6 is 0 Å². The van der Waals surface area contributed by atoms with Crippen molar-refractivity contribution in [2.24, 2.45) is 0 Å². The number of nitro benzene ring substituents is 1. The van der Waals surface area contributed by atoms with Crippen LogP contribution in [0.4, 0.5) is 11.4 Å². The summed E-state index contributed by atoms with van der Waals surface area (Å²) in [5.41, 5.74) is 1.70. The molecule has 27 heavy (non-hydrogen) atoms. The Morgan fingerprint density at radius 2 is 2.04 bits per heavy atom. The number of amides is 1. The molecule has 0 aliphatic carbocycles. The largest absolute Gasteiger partial charge is 0.375 e. The summed E-state index contributed by atoms with van der Waals surface area (Å²) in [6.45, 7) is 1.78. The molecule has 0 bridgehead atoms. The highest BCUT2D eigenvalue weighted by Crippen LogP contribution is 2.27. The number of carbonyl (C=O) groups is 1.